The van der Waals surface area contributed by atoms with Crippen LogP contribution in [0.15, 0.2) is 12.1 Å². The van der Waals surface area contributed by atoms with Crippen LogP contribution >= 0.6 is 11.6 Å². The lowest BCUT2D eigenvalue weighted by atomic mass is 10.1. The van der Waals surface area contributed by atoms with E-state index in [1.54, 1.807) is 12.1 Å². The smallest absolute Gasteiger partial charge is 0.310 e. The molecular formula is C13H17ClO4. The topological polar surface area (TPSA) is 44.8 Å². The Labute approximate surface area is 112 Å². The minimum Gasteiger partial charge on any atom is -0.493 e. The van der Waals surface area contributed by atoms with Gasteiger partial charge < -0.3 is 14.2 Å². The summed E-state index contributed by atoms with van der Waals surface area (Å²) in [4.78, 5) is 11.3. The Morgan fingerprint density at radius 2 is 1.78 bits per heavy atom. The van der Waals surface area contributed by atoms with Gasteiger partial charge in [-0.2, -0.15) is 0 Å². The van der Waals surface area contributed by atoms with Gasteiger partial charge in [0.15, 0.2) is 0 Å². The highest BCUT2D eigenvalue weighted by atomic mass is 35.5. The number of methoxy groups -OCH3 is 1. The number of ether oxygens (including phenoxy) is 3. The molecule has 0 atom stereocenters. The fourth-order valence-electron chi connectivity index (χ4n) is 1.50. The Kier molecular flexibility index (Phi) is 5.78. The van der Waals surface area contributed by atoms with E-state index in [-0.39, 0.29) is 12.4 Å². The lowest BCUT2D eigenvalue weighted by molar-refractivity contribution is -0.139. The van der Waals surface area contributed by atoms with Crippen molar-refractivity contribution in [1.82, 2.24) is 0 Å². The molecule has 0 fully saturated rings. The Morgan fingerprint density at radius 1 is 1.17 bits per heavy atom. The number of rotatable bonds is 6. The minimum absolute atomic E-state index is 0.123. The van der Waals surface area contributed by atoms with Crippen LogP contribution in [-0.2, 0) is 16.0 Å². The van der Waals surface area contributed by atoms with Crippen LogP contribution in [0.5, 0.6) is 11.5 Å². The van der Waals surface area contributed by atoms with Crippen molar-refractivity contribution in [1.29, 1.82) is 0 Å². The van der Waals surface area contributed by atoms with Gasteiger partial charge in [0.1, 0.15) is 11.5 Å². The Balaban J connectivity index is 3.07. The maximum Gasteiger partial charge on any atom is 0.310 e. The van der Waals surface area contributed by atoms with E-state index >= 15 is 0 Å². The van der Waals surface area contributed by atoms with Crippen molar-refractivity contribution in [2.45, 2.75) is 20.3 Å². The van der Waals surface area contributed by atoms with Crippen LogP contribution in [0, 0.1) is 0 Å². The fraction of sp³-hybridized carbons (Fsp3) is 0.462. The second-order valence-corrected chi connectivity index (χ2v) is 3.92. The molecule has 0 saturated carbocycles. The van der Waals surface area contributed by atoms with Gasteiger partial charge >= 0.3 is 5.97 Å². The highest BCUT2D eigenvalue weighted by Crippen LogP contribution is 2.33. The fourth-order valence-corrected chi connectivity index (χ4v) is 1.74. The van der Waals surface area contributed by atoms with E-state index in [0.29, 0.717) is 35.3 Å². The first-order chi connectivity index (χ1) is 8.62. The number of benzene rings is 1. The molecule has 0 aliphatic rings. The molecule has 0 aromatic heterocycles. The average molecular weight is 273 g/mol. The predicted octanol–water partition coefficient (Wildman–Crippen LogP) is 2.85. The van der Waals surface area contributed by atoms with Crippen LogP contribution in [0.25, 0.3) is 0 Å². The van der Waals surface area contributed by atoms with Crippen LogP contribution in [0.3, 0.4) is 0 Å². The van der Waals surface area contributed by atoms with Gasteiger partial charge in [-0.3, -0.25) is 4.79 Å². The molecule has 5 heteroatoms. The van der Waals surface area contributed by atoms with E-state index in [1.165, 1.54) is 7.11 Å². The van der Waals surface area contributed by atoms with E-state index in [0.717, 1.165) is 0 Å². The largest absolute Gasteiger partial charge is 0.493 e. The third-order valence-corrected chi connectivity index (χ3v) is 2.57. The molecule has 0 radical (unpaired) electrons. The van der Waals surface area contributed by atoms with Crippen LogP contribution < -0.4 is 9.47 Å². The Morgan fingerprint density at radius 3 is 2.33 bits per heavy atom. The minimum atomic E-state index is -0.337. The third-order valence-electron chi connectivity index (χ3n) is 2.28. The summed E-state index contributed by atoms with van der Waals surface area (Å²) in [5.41, 5.74) is 0.692. The molecule has 0 heterocycles. The number of hydrogen-bond donors (Lipinski definition) is 0. The van der Waals surface area contributed by atoms with Crippen molar-refractivity contribution in [3.8, 4) is 11.5 Å². The number of carbonyl (C=O) groups excluding carboxylic acids is 1. The highest BCUT2D eigenvalue weighted by molar-refractivity contribution is 6.32. The summed E-state index contributed by atoms with van der Waals surface area (Å²) in [5.74, 6) is 0.808. The first-order valence-electron chi connectivity index (χ1n) is 5.77. The molecule has 18 heavy (non-hydrogen) atoms. The first-order valence-corrected chi connectivity index (χ1v) is 6.15. The highest BCUT2D eigenvalue weighted by Gasteiger charge is 2.14. The van der Waals surface area contributed by atoms with Gasteiger partial charge in [0.2, 0.25) is 0 Å². The monoisotopic (exact) mass is 272 g/mol. The normalized spacial score (nSPS) is 10.0. The zero-order chi connectivity index (χ0) is 13.5. The number of halogens is 1. The summed E-state index contributed by atoms with van der Waals surface area (Å²) < 4.78 is 15.5. The second kappa shape index (κ2) is 7.11. The molecule has 0 unspecified atom stereocenters. The molecular weight excluding hydrogens is 256 g/mol. The van der Waals surface area contributed by atoms with Gasteiger partial charge in [0, 0.05) is 11.6 Å². The van der Waals surface area contributed by atoms with E-state index in [1.807, 2.05) is 13.8 Å². The molecule has 1 aromatic rings. The molecule has 1 rings (SSSR count). The van der Waals surface area contributed by atoms with Gasteiger partial charge in [0.25, 0.3) is 0 Å². The van der Waals surface area contributed by atoms with Crippen molar-refractivity contribution in [3.05, 3.63) is 22.7 Å². The van der Waals surface area contributed by atoms with Gasteiger partial charge in [0.05, 0.1) is 31.8 Å². The van der Waals surface area contributed by atoms with Gasteiger partial charge in [-0.1, -0.05) is 11.6 Å². The molecule has 0 amide bonds. The lowest BCUT2D eigenvalue weighted by Gasteiger charge is -2.13. The van der Waals surface area contributed by atoms with Crippen LogP contribution in [0.1, 0.15) is 19.4 Å². The van der Waals surface area contributed by atoms with E-state index in [2.05, 4.69) is 4.74 Å². The molecule has 1 aromatic carbocycles. The van der Waals surface area contributed by atoms with Crippen LogP contribution in [0.2, 0.25) is 5.02 Å². The van der Waals surface area contributed by atoms with Gasteiger partial charge in [-0.15, -0.1) is 0 Å². The Hall–Kier alpha value is -1.42. The maximum atomic E-state index is 11.3. The number of esters is 1. The molecule has 0 spiro atoms. The average Bonchev–Trinajstić information content (AvgIpc) is 2.35. The van der Waals surface area contributed by atoms with E-state index in [9.17, 15) is 4.79 Å². The van der Waals surface area contributed by atoms with E-state index < -0.39 is 0 Å². The summed E-state index contributed by atoms with van der Waals surface area (Å²) in [7, 11) is 1.35. The van der Waals surface area contributed by atoms with Crippen LogP contribution in [0.4, 0.5) is 0 Å². The lowest BCUT2D eigenvalue weighted by Crippen LogP contribution is -2.07. The molecule has 100 valence electrons. The third kappa shape index (κ3) is 3.81. The van der Waals surface area contributed by atoms with Crippen molar-refractivity contribution in [2.75, 3.05) is 20.3 Å². The van der Waals surface area contributed by atoms with E-state index in [4.69, 9.17) is 21.1 Å². The molecule has 0 aliphatic heterocycles. The SMILES string of the molecule is CCOc1cc(OCC)c(CC(=O)OC)cc1Cl. The zero-order valence-electron chi connectivity index (χ0n) is 10.8. The molecule has 0 aliphatic carbocycles. The van der Waals surface area contributed by atoms with Crippen molar-refractivity contribution in [2.24, 2.45) is 0 Å². The molecule has 0 N–H and O–H groups in total. The summed E-state index contributed by atoms with van der Waals surface area (Å²) >= 11 is 6.07. The molecule has 4 nitrogen and oxygen atoms in total. The zero-order valence-corrected chi connectivity index (χ0v) is 11.5. The van der Waals surface area contributed by atoms with Gasteiger partial charge in [-0.25, -0.2) is 0 Å². The number of hydrogen-bond acceptors (Lipinski definition) is 4. The summed E-state index contributed by atoms with van der Waals surface area (Å²) in [6.07, 6.45) is 0.123. The van der Waals surface area contributed by atoms with Crippen molar-refractivity contribution in [3.63, 3.8) is 0 Å². The van der Waals surface area contributed by atoms with Crippen molar-refractivity contribution < 1.29 is 19.0 Å². The van der Waals surface area contributed by atoms with Crippen molar-refractivity contribution >= 4 is 17.6 Å². The summed E-state index contributed by atoms with van der Waals surface area (Å²) in [6, 6.07) is 3.38. The quantitative estimate of drug-likeness (QED) is 0.747. The maximum absolute atomic E-state index is 11.3. The predicted molar refractivity (Wildman–Crippen MR) is 69.5 cm³/mol. The Bertz CT molecular complexity index is 418. The molecule has 0 saturated heterocycles. The first kappa shape index (κ1) is 14.6. The van der Waals surface area contributed by atoms with Gasteiger partial charge in [-0.05, 0) is 19.9 Å². The summed E-state index contributed by atoms with van der Waals surface area (Å²) in [5, 5.41) is 0.458. The summed E-state index contributed by atoms with van der Waals surface area (Å²) in [6.45, 7) is 4.76. The molecule has 0 bridgehead atoms. The van der Waals surface area contributed by atoms with Crippen LogP contribution in [-0.4, -0.2) is 26.3 Å². The standard InChI is InChI=1S/C13H17ClO4/c1-4-17-11-8-12(18-5-2)10(14)6-9(11)7-13(15)16-3/h6,8H,4-5,7H2,1-3H3. The second-order valence-electron chi connectivity index (χ2n) is 3.51. The number of carbonyl (C=O) groups is 1.